The molecule has 1 aromatic rings. The molecular weight excluding hydrogens is 216 g/mol. The maximum Gasteiger partial charge on any atom is 0.325 e. The summed E-state index contributed by atoms with van der Waals surface area (Å²) >= 11 is 0. The molecule has 0 saturated carbocycles. The highest BCUT2D eigenvalue weighted by Crippen LogP contribution is 2.29. The number of hydrogen-bond acceptors (Lipinski definition) is 3. The summed E-state index contributed by atoms with van der Waals surface area (Å²) in [6, 6.07) is 9.10. The zero-order chi connectivity index (χ0) is 12.3. The van der Waals surface area contributed by atoms with Crippen molar-refractivity contribution in [3.05, 3.63) is 35.4 Å². The van der Waals surface area contributed by atoms with E-state index >= 15 is 0 Å². The first-order chi connectivity index (χ1) is 8.24. The summed E-state index contributed by atoms with van der Waals surface area (Å²) in [4.78, 5) is 13.2. The normalized spacial score (nSPS) is 19.4. The van der Waals surface area contributed by atoms with Gasteiger partial charge in [-0.1, -0.05) is 24.3 Å². The molecule has 17 heavy (non-hydrogen) atoms. The Balaban J connectivity index is 2.30. The molecule has 4 heteroatoms. The molecule has 1 aliphatic heterocycles. The highest BCUT2D eigenvalue weighted by molar-refractivity contribution is 5.76. The van der Waals surface area contributed by atoms with Gasteiger partial charge in [-0.3, -0.25) is 9.69 Å². The molecule has 1 aromatic carbocycles. The fraction of sp³-hybridized carbons (Fsp3) is 0.385. The summed E-state index contributed by atoms with van der Waals surface area (Å²) in [5.41, 5.74) is 1.97. The van der Waals surface area contributed by atoms with E-state index in [1.54, 1.807) is 0 Å². The summed E-state index contributed by atoms with van der Waals surface area (Å²) in [5, 5.41) is 17.9. The van der Waals surface area contributed by atoms with Crippen LogP contribution >= 0.6 is 0 Å². The molecule has 0 spiro atoms. The van der Waals surface area contributed by atoms with Gasteiger partial charge in [0.1, 0.15) is 6.04 Å². The second-order valence-corrected chi connectivity index (χ2v) is 4.13. The van der Waals surface area contributed by atoms with Crippen LogP contribution in [0.2, 0.25) is 0 Å². The van der Waals surface area contributed by atoms with Crippen molar-refractivity contribution in [3.8, 4) is 6.07 Å². The third kappa shape index (κ3) is 2.29. The SMILES string of the molecule is N#CCCN1CCc2ccccc2C1C(=O)O. The molecule has 0 amide bonds. The number of rotatable bonds is 3. The van der Waals surface area contributed by atoms with Crippen LogP contribution in [-0.2, 0) is 11.2 Å². The predicted molar refractivity (Wildman–Crippen MR) is 62.3 cm³/mol. The average molecular weight is 230 g/mol. The van der Waals surface area contributed by atoms with Gasteiger partial charge in [-0.05, 0) is 17.5 Å². The van der Waals surface area contributed by atoms with E-state index in [0.29, 0.717) is 19.5 Å². The number of fused-ring (bicyclic) bond motifs is 1. The highest BCUT2D eigenvalue weighted by atomic mass is 16.4. The van der Waals surface area contributed by atoms with Crippen molar-refractivity contribution >= 4 is 5.97 Å². The molecule has 88 valence electrons. The van der Waals surface area contributed by atoms with Crippen LogP contribution in [0.15, 0.2) is 24.3 Å². The van der Waals surface area contributed by atoms with Crippen LogP contribution in [0.4, 0.5) is 0 Å². The lowest BCUT2D eigenvalue weighted by Crippen LogP contribution is -2.40. The molecule has 1 unspecified atom stereocenters. The van der Waals surface area contributed by atoms with E-state index in [2.05, 4.69) is 6.07 Å². The third-order valence-electron chi connectivity index (χ3n) is 3.13. The first-order valence-corrected chi connectivity index (χ1v) is 5.65. The monoisotopic (exact) mass is 230 g/mol. The maximum atomic E-state index is 11.4. The minimum Gasteiger partial charge on any atom is -0.480 e. The Bertz CT molecular complexity index is 465. The van der Waals surface area contributed by atoms with E-state index in [0.717, 1.165) is 17.5 Å². The van der Waals surface area contributed by atoms with E-state index < -0.39 is 12.0 Å². The fourth-order valence-corrected chi connectivity index (χ4v) is 2.34. The van der Waals surface area contributed by atoms with Crippen LogP contribution < -0.4 is 0 Å². The predicted octanol–water partition coefficient (Wildman–Crippen LogP) is 1.58. The van der Waals surface area contributed by atoms with Gasteiger partial charge in [0, 0.05) is 19.5 Å². The Morgan fingerprint density at radius 2 is 2.29 bits per heavy atom. The van der Waals surface area contributed by atoms with Crippen LogP contribution in [0.1, 0.15) is 23.6 Å². The molecule has 4 nitrogen and oxygen atoms in total. The first kappa shape index (κ1) is 11.6. The number of nitriles is 1. The molecule has 1 atom stereocenters. The van der Waals surface area contributed by atoms with Crippen LogP contribution in [0.3, 0.4) is 0 Å². The first-order valence-electron chi connectivity index (χ1n) is 5.65. The number of carboxylic acid groups (broad SMARTS) is 1. The number of aliphatic carboxylic acids is 1. The standard InChI is InChI=1S/C13H14N2O2/c14-7-3-8-15-9-6-10-4-1-2-5-11(10)12(15)13(16)17/h1-2,4-5,12H,3,6,8-9H2,(H,16,17). The van der Waals surface area contributed by atoms with Gasteiger partial charge < -0.3 is 5.11 Å². The van der Waals surface area contributed by atoms with E-state index in [1.165, 1.54) is 0 Å². The van der Waals surface area contributed by atoms with Crippen molar-refractivity contribution < 1.29 is 9.90 Å². The molecule has 0 bridgehead atoms. The van der Waals surface area contributed by atoms with Crippen molar-refractivity contribution in [2.45, 2.75) is 18.9 Å². The summed E-state index contributed by atoms with van der Waals surface area (Å²) in [6.45, 7) is 1.22. The molecule has 0 radical (unpaired) electrons. The highest BCUT2D eigenvalue weighted by Gasteiger charge is 2.32. The number of hydrogen-bond donors (Lipinski definition) is 1. The van der Waals surface area contributed by atoms with Crippen LogP contribution in [0.5, 0.6) is 0 Å². The molecule has 1 aliphatic rings. The van der Waals surface area contributed by atoms with E-state index in [-0.39, 0.29) is 0 Å². The number of carboxylic acids is 1. The second kappa shape index (κ2) is 4.98. The quantitative estimate of drug-likeness (QED) is 0.856. The Labute approximate surface area is 100 Å². The zero-order valence-electron chi connectivity index (χ0n) is 9.47. The van der Waals surface area contributed by atoms with Crippen molar-refractivity contribution in [2.24, 2.45) is 0 Å². The summed E-state index contributed by atoms with van der Waals surface area (Å²) in [5.74, 6) is -0.838. The van der Waals surface area contributed by atoms with Gasteiger partial charge in [-0.2, -0.15) is 5.26 Å². The van der Waals surface area contributed by atoms with E-state index in [9.17, 15) is 9.90 Å². The van der Waals surface area contributed by atoms with Crippen molar-refractivity contribution in [3.63, 3.8) is 0 Å². The number of carbonyl (C=O) groups is 1. The topological polar surface area (TPSA) is 64.3 Å². The van der Waals surface area contributed by atoms with Gasteiger partial charge in [0.25, 0.3) is 0 Å². The van der Waals surface area contributed by atoms with Gasteiger partial charge in [-0.25, -0.2) is 0 Å². The lowest BCUT2D eigenvalue weighted by atomic mass is 9.92. The van der Waals surface area contributed by atoms with Crippen molar-refractivity contribution in [2.75, 3.05) is 13.1 Å². The van der Waals surface area contributed by atoms with Crippen molar-refractivity contribution in [1.29, 1.82) is 5.26 Å². The molecule has 0 saturated heterocycles. The lowest BCUT2D eigenvalue weighted by Gasteiger charge is -2.34. The van der Waals surface area contributed by atoms with Crippen LogP contribution in [-0.4, -0.2) is 29.1 Å². The third-order valence-corrected chi connectivity index (χ3v) is 3.13. The van der Waals surface area contributed by atoms with Gasteiger partial charge in [0.05, 0.1) is 6.07 Å². The fourth-order valence-electron chi connectivity index (χ4n) is 2.34. The van der Waals surface area contributed by atoms with Gasteiger partial charge in [-0.15, -0.1) is 0 Å². The number of nitrogens with zero attached hydrogens (tertiary/aromatic N) is 2. The molecule has 0 aromatic heterocycles. The largest absolute Gasteiger partial charge is 0.480 e. The molecule has 1 N–H and O–H groups in total. The van der Waals surface area contributed by atoms with Gasteiger partial charge in [0.15, 0.2) is 0 Å². The average Bonchev–Trinajstić information content (AvgIpc) is 2.35. The molecule has 0 fully saturated rings. The van der Waals surface area contributed by atoms with Gasteiger partial charge in [0.2, 0.25) is 0 Å². The summed E-state index contributed by atoms with van der Waals surface area (Å²) in [7, 11) is 0. The Morgan fingerprint density at radius 3 is 3.00 bits per heavy atom. The Kier molecular flexibility index (Phi) is 3.40. The second-order valence-electron chi connectivity index (χ2n) is 4.13. The van der Waals surface area contributed by atoms with Crippen LogP contribution in [0, 0.1) is 11.3 Å². The lowest BCUT2D eigenvalue weighted by molar-refractivity contribution is -0.144. The van der Waals surface area contributed by atoms with Crippen LogP contribution in [0.25, 0.3) is 0 Å². The summed E-state index contributed by atoms with van der Waals surface area (Å²) < 4.78 is 0. The molecule has 2 rings (SSSR count). The minimum atomic E-state index is -0.838. The molecule has 0 aliphatic carbocycles. The number of benzene rings is 1. The van der Waals surface area contributed by atoms with Crippen molar-refractivity contribution in [1.82, 2.24) is 4.90 Å². The maximum absolute atomic E-state index is 11.4. The zero-order valence-corrected chi connectivity index (χ0v) is 9.47. The molecule has 1 heterocycles. The van der Waals surface area contributed by atoms with E-state index in [1.807, 2.05) is 29.2 Å². The Hall–Kier alpha value is -1.86. The Morgan fingerprint density at radius 1 is 1.53 bits per heavy atom. The summed E-state index contributed by atoms with van der Waals surface area (Å²) in [6.07, 6.45) is 1.22. The molecular formula is C13H14N2O2. The minimum absolute atomic E-state index is 0.367. The van der Waals surface area contributed by atoms with E-state index in [4.69, 9.17) is 5.26 Å². The smallest absolute Gasteiger partial charge is 0.325 e. The van der Waals surface area contributed by atoms with Gasteiger partial charge >= 0.3 is 5.97 Å².